The predicted molar refractivity (Wildman–Crippen MR) is 118 cm³/mol. The summed E-state index contributed by atoms with van der Waals surface area (Å²) in [6, 6.07) is 6.92. The minimum Gasteiger partial charge on any atom is -0.355 e. The van der Waals surface area contributed by atoms with Gasteiger partial charge in [-0.15, -0.1) is 0 Å². The van der Waals surface area contributed by atoms with Crippen LogP contribution in [-0.4, -0.2) is 64.5 Å². The molecule has 1 aromatic rings. The number of guanidine groups is 1. The molecule has 1 aliphatic heterocycles. The molecule has 30 heavy (non-hydrogen) atoms. The zero-order valence-corrected chi connectivity index (χ0v) is 18.7. The molecule has 0 spiro atoms. The lowest BCUT2D eigenvalue weighted by Gasteiger charge is -2.21. The fraction of sp³-hybridized carbons (Fsp3) is 0.619. The van der Waals surface area contributed by atoms with Crippen LogP contribution < -0.4 is 15.4 Å². The summed E-state index contributed by atoms with van der Waals surface area (Å²) in [5.41, 5.74) is 1.01. The van der Waals surface area contributed by atoms with Gasteiger partial charge in [0.05, 0.1) is 4.90 Å². The molecule has 2 aliphatic rings. The number of aliphatic imine (C=N–C) groups is 1. The molecule has 1 saturated carbocycles. The van der Waals surface area contributed by atoms with Crippen molar-refractivity contribution in [2.24, 2.45) is 10.9 Å². The highest BCUT2D eigenvalue weighted by Crippen LogP contribution is 2.27. The minimum absolute atomic E-state index is 0.158. The first-order valence-corrected chi connectivity index (χ1v) is 12.2. The van der Waals surface area contributed by atoms with E-state index >= 15 is 0 Å². The predicted octanol–water partition coefficient (Wildman–Crippen LogP) is 1.23. The van der Waals surface area contributed by atoms with Gasteiger partial charge in [-0.2, -0.15) is 0 Å². The molecule has 1 heterocycles. The Balaban J connectivity index is 1.40. The molecule has 1 aliphatic carbocycles. The molecule has 0 bridgehead atoms. The number of nitrogens with zero attached hydrogens (tertiary/aromatic N) is 2. The smallest absolute Gasteiger partial charge is 0.240 e. The maximum atomic E-state index is 12.6. The summed E-state index contributed by atoms with van der Waals surface area (Å²) in [6.07, 6.45) is 5.26. The summed E-state index contributed by atoms with van der Waals surface area (Å²) in [6.45, 7) is 4.03. The molecule has 2 fully saturated rings. The topological polar surface area (TPSA) is 103 Å². The van der Waals surface area contributed by atoms with Crippen molar-refractivity contribution < 1.29 is 13.2 Å². The zero-order chi connectivity index (χ0) is 21.6. The number of aryl methyl sites for hydroxylation is 1. The summed E-state index contributed by atoms with van der Waals surface area (Å²) in [5.74, 6) is 1.12. The van der Waals surface area contributed by atoms with E-state index in [1.54, 1.807) is 31.3 Å². The van der Waals surface area contributed by atoms with Crippen molar-refractivity contribution in [1.82, 2.24) is 20.3 Å². The molecule has 1 saturated heterocycles. The van der Waals surface area contributed by atoms with Crippen molar-refractivity contribution in [3.63, 3.8) is 0 Å². The number of likely N-dealkylation sites (tertiary alicyclic amines) is 1. The molecule has 1 amide bonds. The molecule has 0 radical (unpaired) electrons. The van der Waals surface area contributed by atoms with Crippen molar-refractivity contribution in [2.75, 3.05) is 33.2 Å². The SMILES string of the molecule is CN=C(NCCNS(=O)(=O)c1ccc(C)cc1)NC1CCN(C(=O)C2CCCC2)C1. The third-order valence-corrected chi connectivity index (χ3v) is 7.29. The lowest BCUT2D eigenvalue weighted by Crippen LogP contribution is -2.47. The van der Waals surface area contributed by atoms with Gasteiger partial charge in [0.2, 0.25) is 15.9 Å². The van der Waals surface area contributed by atoms with Crippen LogP contribution in [0.4, 0.5) is 0 Å². The van der Waals surface area contributed by atoms with E-state index in [9.17, 15) is 13.2 Å². The van der Waals surface area contributed by atoms with Gasteiger partial charge in [0.1, 0.15) is 0 Å². The summed E-state index contributed by atoms with van der Waals surface area (Å²) in [5, 5.41) is 6.48. The van der Waals surface area contributed by atoms with Gasteiger partial charge in [0.15, 0.2) is 5.96 Å². The first-order valence-electron chi connectivity index (χ1n) is 10.7. The first kappa shape index (κ1) is 22.6. The van der Waals surface area contributed by atoms with Gasteiger partial charge in [-0.05, 0) is 38.3 Å². The summed E-state index contributed by atoms with van der Waals surface area (Å²) < 4.78 is 27.2. The molecular weight excluding hydrogens is 402 g/mol. The average molecular weight is 436 g/mol. The third-order valence-electron chi connectivity index (χ3n) is 5.81. The lowest BCUT2D eigenvalue weighted by molar-refractivity contribution is -0.134. The van der Waals surface area contributed by atoms with E-state index in [0.29, 0.717) is 25.0 Å². The second kappa shape index (κ2) is 10.3. The fourth-order valence-electron chi connectivity index (χ4n) is 4.06. The monoisotopic (exact) mass is 435 g/mol. The van der Waals surface area contributed by atoms with Crippen LogP contribution in [0.3, 0.4) is 0 Å². The lowest BCUT2D eigenvalue weighted by atomic mass is 10.1. The summed E-state index contributed by atoms with van der Waals surface area (Å²) in [7, 11) is -1.84. The van der Waals surface area contributed by atoms with E-state index in [4.69, 9.17) is 0 Å². The van der Waals surface area contributed by atoms with Gasteiger partial charge in [-0.25, -0.2) is 13.1 Å². The van der Waals surface area contributed by atoms with Gasteiger partial charge >= 0.3 is 0 Å². The van der Waals surface area contributed by atoms with Crippen molar-refractivity contribution in [3.05, 3.63) is 29.8 Å². The van der Waals surface area contributed by atoms with Crippen LogP contribution in [0.25, 0.3) is 0 Å². The Morgan fingerprint density at radius 2 is 1.83 bits per heavy atom. The van der Waals surface area contributed by atoms with Crippen molar-refractivity contribution >= 4 is 21.9 Å². The molecule has 1 aromatic carbocycles. The summed E-state index contributed by atoms with van der Waals surface area (Å²) in [4.78, 5) is 19.0. The Labute approximate surface area is 179 Å². The fourth-order valence-corrected chi connectivity index (χ4v) is 5.10. The van der Waals surface area contributed by atoms with E-state index in [1.165, 1.54) is 0 Å². The molecule has 0 aromatic heterocycles. The second-order valence-electron chi connectivity index (χ2n) is 8.11. The number of nitrogens with one attached hydrogen (secondary N) is 3. The average Bonchev–Trinajstić information content (AvgIpc) is 3.42. The Morgan fingerprint density at radius 1 is 1.13 bits per heavy atom. The Kier molecular flexibility index (Phi) is 7.71. The number of hydrogen-bond acceptors (Lipinski definition) is 4. The molecule has 3 N–H and O–H groups in total. The molecule has 1 unspecified atom stereocenters. The largest absolute Gasteiger partial charge is 0.355 e. The summed E-state index contributed by atoms with van der Waals surface area (Å²) >= 11 is 0. The maximum Gasteiger partial charge on any atom is 0.240 e. The Hall–Kier alpha value is -2.13. The highest BCUT2D eigenvalue weighted by Gasteiger charge is 2.32. The van der Waals surface area contributed by atoms with Crippen LogP contribution in [0.5, 0.6) is 0 Å². The Bertz CT molecular complexity index is 848. The molecule has 1 atom stereocenters. The van der Waals surface area contributed by atoms with Crippen LogP contribution >= 0.6 is 0 Å². The van der Waals surface area contributed by atoms with Gasteiger partial charge in [-0.3, -0.25) is 9.79 Å². The van der Waals surface area contributed by atoms with Gasteiger partial charge in [0, 0.05) is 45.2 Å². The zero-order valence-electron chi connectivity index (χ0n) is 17.9. The van der Waals surface area contributed by atoms with Crippen LogP contribution in [0, 0.1) is 12.8 Å². The maximum absolute atomic E-state index is 12.6. The van der Waals surface area contributed by atoms with Crippen molar-refractivity contribution in [3.8, 4) is 0 Å². The van der Waals surface area contributed by atoms with E-state index in [0.717, 1.165) is 44.2 Å². The molecule has 9 heteroatoms. The van der Waals surface area contributed by atoms with Gasteiger partial charge in [-0.1, -0.05) is 30.5 Å². The number of sulfonamides is 1. The van der Waals surface area contributed by atoms with Crippen LogP contribution in [0.15, 0.2) is 34.2 Å². The van der Waals surface area contributed by atoms with Crippen molar-refractivity contribution in [2.45, 2.75) is 50.0 Å². The van der Waals surface area contributed by atoms with Crippen molar-refractivity contribution in [1.29, 1.82) is 0 Å². The minimum atomic E-state index is -3.52. The number of carbonyl (C=O) groups is 1. The Morgan fingerprint density at radius 3 is 2.50 bits per heavy atom. The molecule has 3 rings (SSSR count). The molecule has 166 valence electrons. The van der Waals surface area contributed by atoms with E-state index in [1.807, 2.05) is 11.8 Å². The number of rotatable bonds is 7. The second-order valence-corrected chi connectivity index (χ2v) is 9.87. The van der Waals surface area contributed by atoms with Crippen LogP contribution in [-0.2, 0) is 14.8 Å². The number of benzene rings is 1. The number of carbonyl (C=O) groups excluding carboxylic acids is 1. The van der Waals surface area contributed by atoms with Crippen LogP contribution in [0.2, 0.25) is 0 Å². The first-order chi connectivity index (χ1) is 14.4. The molecule has 8 nitrogen and oxygen atoms in total. The number of hydrogen-bond donors (Lipinski definition) is 3. The normalized spacial score (nSPS) is 20.5. The quantitative estimate of drug-likeness (QED) is 0.340. The van der Waals surface area contributed by atoms with E-state index in [2.05, 4.69) is 20.3 Å². The standard InChI is InChI=1S/C21H33N5O3S/c1-16-7-9-19(10-8-16)30(28,29)24-13-12-23-21(22-2)25-18-11-14-26(15-18)20(27)17-5-3-4-6-17/h7-10,17-18,24H,3-6,11-15H2,1-2H3,(H2,22,23,25). The highest BCUT2D eigenvalue weighted by molar-refractivity contribution is 7.89. The van der Waals surface area contributed by atoms with Gasteiger partial charge < -0.3 is 15.5 Å². The van der Waals surface area contributed by atoms with Gasteiger partial charge in [0.25, 0.3) is 0 Å². The highest BCUT2D eigenvalue weighted by atomic mass is 32.2. The number of amides is 1. The van der Waals surface area contributed by atoms with E-state index < -0.39 is 10.0 Å². The van der Waals surface area contributed by atoms with E-state index in [-0.39, 0.29) is 23.4 Å². The van der Waals surface area contributed by atoms with Crippen LogP contribution in [0.1, 0.15) is 37.7 Å². The molecular formula is C21H33N5O3S. The third kappa shape index (κ3) is 5.95.